The Balaban J connectivity index is 1.11. The average Bonchev–Trinajstić information content (AvgIpc) is 3.36. The number of halogens is 1. The second-order valence-electron chi connectivity index (χ2n) is 14.0. The minimum atomic E-state index is -1.00. The monoisotopic (exact) mass is 613 g/mol. The van der Waals surface area contributed by atoms with E-state index in [9.17, 15) is 14.4 Å². The van der Waals surface area contributed by atoms with Crippen LogP contribution in [-0.2, 0) is 28.9 Å². The molecule has 2 aliphatic carbocycles. The number of carbonyl (C=O) groups excluding carboxylic acids is 1. The first kappa shape index (κ1) is 28.7. The zero-order valence-corrected chi connectivity index (χ0v) is 25.9. The molecule has 1 aromatic heterocycles. The van der Waals surface area contributed by atoms with E-state index in [1.54, 1.807) is 0 Å². The molecule has 8 rings (SSSR count). The summed E-state index contributed by atoms with van der Waals surface area (Å²) in [7, 11) is 2.15. The van der Waals surface area contributed by atoms with Crippen molar-refractivity contribution in [1.29, 1.82) is 5.26 Å². The molecule has 4 unspecified atom stereocenters. The van der Waals surface area contributed by atoms with Gasteiger partial charge in [0.2, 0.25) is 0 Å². The summed E-state index contributed by atoms with van der Waals surface area (Å²) in [6.07, 6.45) is 3.36. The molecule has 0 spiro atoms. The number of likely N-dealkylation sites (tertiary alicyclic amines) is 1. The fourth-order valence-electron chi connectivity index (χ4n) is 8.77. The third-order valence-electron chi connectivity index (χ3n) is 11.1. The van der Waals surface area contributed by atoms with E-state index < -0.39 is 17.8 Å². The summed E-state index contributed by atoms with van der Waals surface area (Å²) >= 11 is 0. The standard InChI is InChI=1S/C34H40FN7O3/c1-21(35)32(43)42-11-10-41(15-25(42)6-8-36)31-26-7-9-40(29-5-3-4-22-12-23-13-27(23)30(22)29)16-28(26)37-33(38-31)45-20-34-18-39(2)14-24(34)17-44-19-34/h3-5,23-25,27H,1,6-7,9-20H2,2H3/t23?,24?,25-,27?,34?/m0/s1. The molecular weight excluding hydrogens is 573 g/mol. The first-order valence-corrected chi connectivity index (χ1v) is 16.3. The Bertz CT molecular complexity index is 1590. The third-order valence-corrected chi connectivity index (χ3v) is 11.1. The average molecular weight is 614 g/mol. The highest BCUT2D eigenvalue weighted by atomic mass is 19.1. The number of rotatable bonds is 7. The number of hydrogen-bond acceptors (Lipinski definition) is 9. The van der Waals surface area contributed by atoms with Crippen LogP contribution in [-0.4, -0.2) is 97.9 Å². The maximum absolute atomic E-state index is 13.9. The molecule has 2 aromatic rings. The van der Waals surface area contributed by atoms with Gasteiger partial charge >= 0.3 is 6.01 Å². The maximum atomic E-state index is 13.9. The first-order valence-electron chi connectivity index (χ1n) is 16.3. The summed E-state index contributed by atoms with van der Waals surface area (Å²) < 4.78 is 26.3. The van der Waals surface area contributed by atoms with Gasteiger partial charge in [-0.2, -0.15) is 15.2 Å². The highest BCUT2D eigenvalue weighted by Crippen LogP contribution is 2.59. The quantitative estimate of drug-likeness (QED) is 0.437. The molecule has 1 amide bonds. The van der Waals surface area contributed by atoms with Crippen LogP contribution in [0.3, 0.4) is 0 Å². The zero-order chi connectivity index (χ0) is 30.9. The number of anilines is 2. The van der Waals surface area contributed by atoms with Gasteiger partial charge in [0.05, 0.1) is 44.0 Å². The van der Waals surface area contributed by atoms with Crippen LogP contribution in [0, 0.1) is 28.6 Å². The van der Waals surface area contributed by atoms with Crippen LogP contribution >= 0.6 is 0 Å². The summed E-state index contributed by atoms with van der Waals surface area (Å²) in [5, 5.41) is 9.55. The molecule has 4 aliphatic heterocycles. The van der Waals surface area contributed by atoms with Crippen molar-refractivity contribution in [3.8, 4) is 12.1 Å². The molecule has 0 radical (unpaired) electrons. The predicted molar refractivity (Wildman–Crippen MR) is 166 cm³/mol. The van der Waals surface area contributed by atoms with E-state index in [2.05, 4.69) is 52.6 Å². The van der Waals surface area contributed by atoms with Gasteiger partial charge in [0.1, 0.15) is 12.4 Å². The number of hydrogen-bond donors (Lipinski definition) is 0. The second-order valence-corrected chi connectivity index (χ2v) is 14.0. The molecule has 4 fully saturated rings. The number of ether oxygens (including phenoxy) is 2. The Hall–Kier alpha value is -3.75. The van der Waals surface area contributed by atoms with Crippen molar-refractivity contribution >= 4 is 17.4 Å². The lowest BCUT2D eigenvalue weighted by molar-refractivity contribution is -0.131. The molecule has 236 valence electrons. The smallest absolute Gasteiger partial charge is 0.318 e. The normalized spacial score (nSPS) is 29.9. The number of carbonyl (C=O) groups is 1. The summed E-state index contributed by atoms with van der Waals surface area (Å²) in [4.78, 5) is 31.0. The fraction of sp³-hybridized carbons (Fsp3) is 0.588. The molecule has 1 saturated carbocycles. The molecule has 45 heavy (non-hydrogen) atoms. The van der Waals surface area contributed by atoms with Gasteiger partial charge < -0.3 is 29.1 Å². The molecule has 0 N–H and O–H groups in total. The van der Waals surface area contributed by atoms with Crippen molar-refractivity contribution in [3.05, 3.63) is 53.0 Å². The molecule has 0 bridgehead atoms. The van der Waals surface area contributed by atoms with E-state index in [1.165, 1.54) is 34.6 Å². The Morgan fingerprint density at radius 1 is 1.24 bits per heavy atom. The van der Waals surface area contributed by atoms with E-state index >= 15 is 0 Å². The van der Waals surface area contributed by atoms with E-state index in [1.807, 2.05) is 0 Å². The van der Waals surface area contributed by atoms with Crippen molar-refractivity contribution < 1.29 is 18.7 Å². The van der Waals surface area contributed by atoms with Crippen LogP contribution < -0.4 is 14.5 Å². The highest BCUT2D eigenvalue weighted by molar-refractivity contribution is 5.91. The summed E-state index contributed by atoms with van der Waals surface area (Å²) in [6, 6.07) is 8.81. The molecule has 11 heteroatoms. The minimum Gasteiger partial charge on any atom is -0.463 e. The number of nitrogens with zero attached hydrogens (tertiary/aromatic N) is 7. The van der Waals surface area contributed by atoms with Crippen molar-refractivity contribution in [3.63, 3.8) is 0 Å². The van der Waals surface area contributed by atoms with E-state index in [-0.39, 0.29) is 18.4 Å². The van der Waals surface area contributed by atoms with Gasteiger partial charge in [0.25, 0.3) is 5.91 Å². The summed E-state index contributed by atoms with van der Waals surface area (Å²) in [5.41, 5.74) is 6.32. The molecule has 5 heterocycles. The molecular formula is C34H40FN7O3. The number of piperazine rings is 1. The molecule has 1 aromatic carbocycles. The Labute approximate surface area is 263 Å². The first-order chi connectivity index (χ1) is 21.8. The topological polar surface area (TPSA) is 98.1 Å². The second kappa shape index (κ2) is 11.0. The van der Waals surface area contributed by atoms with E-state index in [0.717, 1.165) is 55.7 Å². The molecule has 5 atom stereocenters. The number of amides is 1. The van der Waals surface area contributed by atoms with Crippen molar-refractivity contribution in [1.82, 2.24) is 19.8 Å². The summed E-state index contributed by atoms with van der Waals surface area (Å²) in [5.74, 6) is 0.971. The lowest BCUT2D eigenvalue weighted by Crippen LogP contribution is -2.55. The lowest BCUT2D eigenvalue weighted by atomic mass is 9.82. The third kappa shape index (κ3) is 4.93. The van der Waals surface area contributed by atoms with Crippen LogP contribution in [0.25, 0.3) is 0 Å². The van der Waals surface area contributed by atoms with E-state index in [4.69, 9.17) is 19.4 Å². The van der Waals surface area contributed by atoms with Crippen molar-refractivity contribution in [2.45, 2.75) is 44.2 Å². The van der Waals surface area contributed by atoms with Crippen LogP contribution in [0.5, 0.6) is 6.01 Å². The van der Waals surface area contributed by atoms with Crippen molar-refractivity contribution in [2.75, 3.05) is 75.9 Å². The predicted octanol–water partition coefficient (Wildman–Crippen LogP) is 3.07. The van der Waals surface area contributed by atoms with Crippen LogP contribution in [0.1, 0.15) is 41.1 Å². The largest absolute Gasteiger partial charge is 0.463 e. The van der Waals surface area contributed by atoms with Gasteiger partial charge in [0, 0.05) is 61.9 Å². The Morgan fingerprint density at radius 2 is 2.13 bits per heavy atom. The number of benzene rings is 1. The van der Waals surface area contributed by atoms with Crippen LogP contribution in [0.4, 0.5) is 15.9 Å². The van der Waals surface area contributed by atoms with Crippen LogP contribution in [0.2, 0.25) is 0 Å². The van der Waals surface area contributed by atoms with Gasteiger partial charge in [0.15, 0.2) is 5.83 Å². The van der Waals surface area contributed by atoms with Gasteiger partial charge in [-0.3, -0.25) is 4.79 Å². The number of nitriles is 1. The fourth-order valence-corrected chi connectivity index (χ4v) is 8.77. The lowest BCUT2D eigenvalue weighted by Gasteiger charge is -2.42. The summed E-state index contributed by atoms with van der Waals surface area (Å²) in [6.45, 7) is 9.64. The Kier molecular flexibility index (Phi) is 6.99. The van der Waals surface area contributed by atoms with Gasteiger partial charge in [-0.15, -0.1) is 0 Å². The molecule has 6 aliphatic rings. The SMILES string of the molecule is C=C(F)C(=O)N1CCN(c2nc(OCC34COCC3CN(C)C4)nc3c2CCN(c2cccc4c2C2CC2C4)C3)C[C@@H]1CC#N. The van der Waals surface area contributed by atoms with E-state index in [0.29, 0.717) is 50.7 Å². The Morgan fingerprint density at radius 3 is 2.98 bits per heavy atom. The van der Waals surface area contributed by atoms with Gasteiger partial charge in [-0.05, 0) is 55.3 Å². The zero-order valence-electron chi connectivity index (χ0n) is 25.9. The molecule has 10 nitrogen and oxygen atoms in total. The van der Waals surface area contributed by atoms with Gasteiger partial charge in [-0.25, -0.2) is 4.39 Å². The number of fused-ring (bicyclic) bond motifs is 5. The van der Waals surface area contributed by atoms with Crippen LogP contribution in [0.15, 0.2) is 30.6 Å². The minimum absolute atomic E-state index is 0.0791. The maximum Gasteiger partial charge on any atom is 0.318 e. The van der Waals surface area contributed by atoms with Crippen molar-refractivity contribution in [2.24, 2.45) is 17.3 Å². The number of aromatic nitrogens is 2. The molecule has 3 saturated heterocycles. The van der Waals surface area contributed by atoms with Gasteiger partial charge in [-0.1, -0.05) is 18.7 Å². The highest BCUT2D eigenvalue weighted by Gasteiger charge is 2.51.